The largest absolute Gasteiger partial charge is 0.398 e. The topological polar surface area (TPSA) is 46.3 Å². The standard InChI is InChI=1S/C17H20N2O/c1-11-6-8-16(13(3)9-11)19(4)17(20)14-10-12(2)5-7-15(14)18/h5-10H,18H2,1-4H3. The first-order valence-corrected chi connectivity index (χ1v) is 6.61. The second-order valence-corrected chi connectivity index (χ2v) is 5.24. The molecule has 104 valence electrons. The fourth-order valence-electron chi connectivity index (χ4n) is 2.33. The average Bonchev–Trinajstić information content (AvgIpc) is 2.40. The third-order valence-corrected chi connectivity index (χ3v) is 3.46. The van der Waals surface area contributed by atoms with E-state index in [0.29, 0.717) is 11.3 Å². The maximum absolute atomic E-state index is 12.6. The Labute approximate surface area is 120 Å². The molecule has 0 bridgehead atoms. The van der Waals surface area contributed by atoms with Gasteiger partial charge in [-0.2, -0.15) is 0 Å². The normalized spacial score (nSPS) is 10.4. The van der Waals surface area contributed by atoms with Crippen LogP contribution in [0.1, 0.15) is 27.0 Å². The van der Waals surface area contributed by atoms with E-state index in [0.717, 1.165) is 16.8 Å². The van der Waals surface area contributed by atoms with Crippen molar-refractivity contribution in [1.82, 2.24) is 0 Å². The Morgan fingerprint density at radius 3 is 2.25 bits per heavy atom. The lowest BCUT2D eigenvalue weighted by molar-refractivity contribution is 0.0993. The molecule has 0 saturated heterocycles. The van der Waals surface area contributed by atoms with Crippen molar-refractivity contribution in [3.63, 3.8) is 0 Å². The van der Waals surface area contributed by atoms with Gasteiger partial charge in [-0.3, -0.25) is 4.79 Å². The number of nitrogens with zero attached hydrogens (tertiary/aromatic N) is 1. The summed E-state index contributed by atoms with van der Waals surface area (Å²) in [6, 6.07) is 11.6. The quantitative estimate of drug-likeness (QED) is 0.848. The SMILES string of the molecule is Cc1ccc(N(C)C(=O)c2cc(C)ccc2N)c(C)c1. The first kappa shape index (κ1) is 14.1. The molecule has 0 unspecified atom stereocenters. The molecule has 0 spiro atoms. The molecule has 2 rings (SSSR count). The molecule has 0 aliphatic heterocycles. The second-order valence-electron chi connectivity index (χ2n) is 5.24. The van der Waals surface area contributed by atoms with E-state index in [9.17, 15) is 4.79 Å². The van der Waals surface area contributed by atoms with Crippen LogP contribution in [0.25, 0.3) is 0 Å². The van der Waals surface area contributed by atoms with E-state index < -0.39 is 0 Å². The zero-order valence-corrected chi connectivity index (χ0v) is 12.4. The molecule has 0 atom stereocenters. The van der Waals surface area contributed by atoms with Crippen LogP contribution in [0.5, 0.6) is 0 Å². The fourth-order valence-corrected chi connectivity index (χ4v) is 2.33. The van der Waals surface area contributed by atoms with Crippen molar-refractivity contribution in [3.05, 3.63) is 58.7 Å². The van der Waals surface area contributed by atoms with Crippen LogP contribution in [0, 0.1) is 20.8 Å². The molecule has 1 amide bonds. The number of hydrogen-bond acceptors (Lipinski definition) is 2. The highest BCUT2D eigenvalue weighted by molar-refractivity contribution is 6.09. The predicted octanol–water partition coefficient (Wildman–Crippen LogP) is 3.47. The molecule has 0 aliphatic carbocycles. The summed E-state index contributed by atoms with van der Waals surface area (Å²) in [5.41, 5.74) is 11.2. The Bertz CT molecular complexity index is 662. The average molecular weight is 268 g/mol. The van der Waals surface area contributed by atoms with Crippen molar-refractivity contribution in [2.75, 3.05) is 17.7 Å². The summed E-state index contributed by atoms with van der Waals surface area (Å²) in [7, 11) is 1.78. The monoisotopic (exact) mass is 268 g/mol. The Balaban J connectivity index is 2.40. The molecule has 2 aromatic carbocycles. The lowest BCUT2D eigenvalue weighted by atomic mass is 10.1. The van der Waals surface area contributed by atoms with Crippen molar-refractivity contribution in [2.24, 2.45) is 0 Å². The van der Waals surface area contributed by atoms with Crippen LogP contribution < -0.4 is 10.6 Å². The molecular formula is C17H20N2O. The molecule has 3 heteroatoms. The number of carbonyl (C=O) groups excluding carboxylic acids is 1. The van der Waals surface area contributed by atoms with E-state index in [4.69, 9.17) is 5.73 Å². The van der Waals surface area contributed by atoms with E-state index in [2.05, 4.69) is 6.07 Å². The lowest BCUT2D eigenvalue weighted by Gasteiger charge is -2.21. The minimum absolute atomic E-state index is 0.0850. The summed E-state index contributed by atoms with van der Waals surface area (Å²) in [5, 5.41) is 0. The zero-order valence-electron chi connectivity index (χ0n) is 12.4. The highest BCUT2D eigenvalue weighted by Gasteiger charge is 2.17. The molecular weight excluding hydrogens is 248 g/mol. The molecule has 0 aromatic heterocycles. The second kappa shape index (κ2) is 5.37. The molecule has 2 aromatic rings. The molecule has 20 heavy (non-hydrogen) atoms. The summed E-state index contributed by atoms with van der Waals surface area (Å²) in [5.74, 6) is -0.0850. The van der Waals surface area contributed by atoms with Crippen molar-refractivity contribution < 1.29 is 4.79 Å². The van der Waals surface area contributed by atoms with Gasteiger partial charge in [-0.25, -0.2) is 0 Å². The first-order valence-electron chi connectivity index (χ1n) is 6.61. The van der Waals surface area contributed by atoms with Crippen LogP contribution in [0.3, 0.4) is 0 Å². The van der Waals surface area contributed by atoms with Crippen molar-refractivity contribution >= 4 is 17.3 Å². The van der Waals surface area contributed by atoms with Crippen molar-refractivity contribution in [2.45, 2.75) is 20.8 Å². The summed E-state index contributed by atoms with van der Waals surface area (Å²) in [6.07, 6.45) is 0. The lowest BCUT2D eigenvalue weighted by Crippen LogP contribution is -2.27. The third-order valence-electron chi connectivity index (χ3n) is 3.46. The van der Waals surface area contributed by atoms with Crippen LogP contribution in [0.15, 0.2) is 36.4 Å². The zero-order chi connectivity index (χ0) is 14.9. The predicted molar refractivity (Wildman–Crippen MR) is 84.2 cm³/mol. The van der Waals surface area contributed by atoms with Gasteiger partial charge in [-0.1, -0.05) is 29.3 Å². The number of hydrogen-bond donors (Lipinski definition) is 1. The smallest absolute Gasteiger partial charge is 0.260 e. The van der Waals surface area contributed by atoms with Crippen LogP contribution >= 0.6 is 0 Å². The molecule has 0 radical (unpaired) electrons. The Kier molecular flexibility index (Phi) is 3.79. The van der Waals surface area contributed by atoms with Crippen LogP contribution in [0.2, 0.25) is 0 Å². The van der Waals surface area contributed by atoms with Crippen molar-refractivity contribution in [1.29, 1.82) is 0 Å². The van der Waals surface area contributed by atoms with Gasteiger partial charge in [0.05, 0.1) is 5.56 Å². The Morgan fingerprint density at radius 2 is 1.60 bits per heavy atom. The number of rotatable bonds is 2. The van der Waals surface area contributed by atoms with Gasteiger partial charge >= 0.3 is 0 Å². The summed E-state index contributed by atoms with van der Waals surface area (Å²) in [4.78, 5) is 14.3. The van der Waals surface area contributed by atoms with Gasteiger partial charge < -0.3 is 10.6 Å². The number of nitrogen functional groups attached to an aromatic ring is 1. The molecule has 0 heterocycles. The molecule has 0 aliphatic rings. The van der Waals surface area contributed by atoms with Crippen LogP contribution in [-0.2, 0) is 0 Å². The molecule has 3 nitrogen and oxygen atoms in total. The van der Waals surface area contributed by atoms with E-state index in [1.165, 1.54) is 5.56 Å². The number of aryl methyl sites for hydroxylation is 3. The van der Waals surface area contributed by atoms with E-state index >= 15 is 0 Å². The highest BCUT2D eigenvalue weighted by atomic mass is 16.2. The van der Waals surface area contributed by atoms with Gasteiger partial charge in [0.25, 0.3) is 5.91 Å². The Hall–Kier alpha value is -2.29. The third kappa shape index (κ3) is 2.67. The minimum atomic E-state index is -0.0850. The highest BCUT2D eigenvalue weighted by Crippen LogP contribution is 2.23. The minimum Gasteiger partial charge on any atom is -0.398 e. The van der Waals surface area contributed by atoms with Crippen LogP contribution in [-0.4, -0.2) is 13.0 Å². The van der Waals surface area contributed by atoms with Gasteiger partial charge in [0.2, 0.25) is 0 Å². The van der Waals surface area contributed by atoms with Gasteiger partial charge in [0.1, 0.15) is 0 Å². The number of nitrogens with two attached hydrogens (primary N) is 1. The van der Waals surface area contributed by atoms with Gasteiger partial charge in [-0.05, 0) is 44.5 Å². The maximum Gasteiger partial charge on any atom is 0.260 e. The van der Waals surface area contributed by atoms with Gasteiger partial charge in [0, 0.05) is 18.4 Å². The van der Waals surface area contributed by atoms with Gasteiger partial charge in [0.15, 0.2) is 0 Å². The number of carbonyl (C=O) groups is 1. The Morgan fingerprint density at radius 1 is 1.00 bits per heavy atom. The van der Waals surface area contributed by atoms with Crippen molar-refractivity contribution in [3.8, 4) is 0 Å². The number of amides is 1. The van der Waals surface area contributed by atoms with Gasteiger partial charge in [-0.15, -0.1) is 0 Å². The molecule has 2 N–H and O–H groups in total. The fraction of sp³-hybridized carbons (Fsp3) is 0.235. The number of benzene rings is 2. The van der Waals surface area contributed by atoms with E-state index in [-0.39, 0.29) is 5.91 Å². The summed E-state index contributed by atoms with van der Waals surface area (Å²) < 4.78 is 0. The van der Waals surface area contributed by atoms with Crippen LogP contribution in [0.4, 0.5) is 11.4 Å². The maximum atomic E-state index is 12.6. The molecule has 0 saturated carbocycles. The first-order chi connectivity index (χ1) is 9.40. The van der Waals surface area contributed by atoms with E-state index in [1.54, 1.807) is 18.0 Å². The summed E-state index contributed by atoms with van der Waals surface area (Å²) >= 11 is 0. The number of anilines is 2. The summed E-state index contributed by atoms with van der Waals surface area (Å²) in [6.45, 7) is 6.00. The molecule has 0 fully saturated rings. The van der Waals surface area contributed by atoms with E-state index in [1.807, 2.05) is 45.0 Å².